The second-order valence-corrected chi connectivity index (χ2v) is 9.35. The van der Waals surface area contributed by atoms with Crippen LogP contribution in [0.5, 0.6) is 5.75 Å². The molecule has 4 nitrogen and oxygen atoms in total. The van der Waals surface area contributed by atoms with E-state index in [0.717, 1.165) is 42.6 Å². The van der Waals surface area contributed by atoms with Crippen LogP contribution in [0.4, 0.5) is 5.69 Å². The van der Waals surface area contributed by atoms with E-state index in [1.54, 1.807) is 6.20 Å². The van der Waals surface area contributed by atoms with E-state index in [-0.39, 0.29) is 6.10 Å². The molecule has 34 heavy (non-hydrogen) atoms. The fourth-order valence-corrected chi connectivity index (χ4v) is 5.91. The number of benzene rings is 2. The Morgan fingerprint density at radius 1 is 1.00 bits per heavy atom. The van der Waals surface area contributed by atoms with Crippen LogP contribution in [0.2, 0.25) is 0 Å². The Morgan fingerprint density at radius 3 is 2.82 bits per heavy atom. The largest absolute Gasteiger partial charge is 0.489 e. The lowest BCUT2D eigenvalue weighted by atomic mass is 9.79. The lowest BCUT2D eigenvalue weighted by Crippen LogP contribution is -2.47. The summed E-state index contributed by atoms with van der Waals surface area (Å²) in [6.45, 7) is 0. The molecule has 4 atom stereocenters. The predicted molar refractivity (Wildman–Crippen MR) is 135 cm³/mol. The quantitative estimate of drug-likeness (QED) is 0.466. The van der Waals surface area contributed by atoms with Crippen molar-refractivity contribution in [2.24, 2.45) is 0 Å². The monoisotopic (exact) mass is 445 g/mol. The van der Waals surface area contributed by atoms with Gasteiger partial charge in [0.2, 0.25) is 0 Å². The number of hydrogen-bond acceptors (Lipinski definition) is 4. The third-order valence-corrected chi connectivity index (χ3v) is 7.43. The highest BCUT2D eigenvalue weighted by molar-refractivity contribution is 5.72. The van der Waals surface area contributed by atoms with Gasteiger partial charge in [-0.25, -0.2) is 4.98 Å². The molecular formula is C30H27N3O. The number of nitrogens with zero attached hydrogens (tertiary/aromatic N) is 3. The first-order valence-corrected chi connectivity index (χ1v) is 12.1. The van der Waals surface area contributed by atoms with Crippen molar-refractivity contribution in [1.29, 1.82) is 5.26 Å². The summed E-state index contributed by atoms with van der Waals surface area (Å²) in [6, 6.07) is 24.0. The molecule has 4 heteroatoms. The fraction of sp³-hybridized carbons (Fsp3) is 0.267. The summed E-state index contributed by atoms with van der Waals surface area (Å²) in [5.74, 6) is 1.50. The zero-order valence-corrected chi connectivity index (χ0v) is 19.0. The van der Waals surface area contributed by atoms with Crippen molar-refractivity contribution >= 4 is 5.69 Å². The number of fused-ring (bicyclic) bond motifs is 3. The second kappa shape index (κ2) is 8.83. The van der Waals surface area contributed by atoms with Gasteiger partial charge in [0.1, 0.15) is 23.6 Å². The van der Waals surface area contributed by atoms with Crippen LogP contribution in [0.15, 0.2) is 91.2 Å². The van der Waals surface area contributed by atoms with Crippen LogP contribution in [-0.2, 0) is 0 Å². The lowest BCUT2D eigenvalue weighted by molar-refractivity contribution is 0.151. The van der Waals surface area contributed by atoms with Crippen LogP contribution in [0, 0.1) is 11.3 Å². The molecule has 1 aliphatic heterocycles. The molecule has 2 aromatic carbocycles. The van der Waals surface area contributed by atoms with Gasteiger partial charge in [0.05, 0.1) is 6.04 Å². The second-order valence-electron chi connectivity index (χ2n) is 9.35. The molecule has 1 saturated carbocycles. The minimum absolute atomic E-state index is 0.289. The molecule has 6 rings (SSSR count). The molecule has 1 aromatic heterocycles. The van der Waals surface area contributed by atoms with Crippen molar-refractivity contribution in [3.05, 3.63) is 102 Å². The lowest BCUT2D eigenvalue weighted by Gasteiger charge is -2.43. The summed E-state index contributed by atoms with van der Waals surface area (Å²) in [4.78, 5) is 6.89. The Labute approximate surface area is 200 Å². The highest BCUT2D eigenvalue weighted by Crippen LogP contribution is 2.47. The number of hydrogen-bond donors (Lipinski definition) is 0. The van der Waals surface area contributed by atoms with Gasteiger partial charge in [0.15, 0.2) is 0 Å². The molecule has 4 unspecified atom stereocenters. The Balaban J connectivity index is 1.37. The van der Waals surface area contributed by atoms with Crippen molar-refractivity contribution in [3.63, 3.8) is 0 Å². The summed E-state index contributed by atoms with van der Waals surface area (Å²) in [5, 5.41) is 9.58. The Bertz CT molecular complexity index is 1300. The van der Waals surface area contributed by atoms with E-state index in [2.05, 4.69) is 88.8 Å². The number of ether oxygens (including phenoxy) is 1. The minimum atomic E-state index is 0.289. The molecule has 1 fully saturated rings. The van der Waals surface area contributed by atoms with Gasteiger partial charge in [-0.3, -0.25) is 0 Å². The molecule has 3 aliphatic rings. The zero-order valence-electron chi connectivity index (χ0n) is 19.0. The van der Waals surface area contributed by atoms with E-state index in [1.807, 2.05) is 12.1 Å². The maximum atomic E-state index is 9.58. The molecule has 0 spiro atoms. The summed E-state index contributed by atoms with van der Waals surface area (Å²) in [5.41, 5.74) is 4.94. The Hall–Kier alpha value is -3.84. The summed E-state index contributed by atoms with van der Waals surface area (Å²) in [6.07, 6.45) is 15.1. The number of para-hydroxylation sites is 1. The number of anilines is 1. The first-order valence-electron chi connectivity index (χ1n) is 12.1. The van der Waals surface area contributed by atoms with Crippen LogP contribution < -0.4 is 9.64 Å². The van der Waals surface area contributed by atoms with Gasteiger partial charge in [-0.05, 0) is 61.6 Å². The molecule has 0 radical (unpaired) electrons. The van der Waals surface area contributed by atoms with Gasteiger partial charge < -0.3 is 9.64 Å². The number of pyridine rings is 1. The molecule has 0 N–H and O–H groups in total. The van der Waals surface area contributed by atoms with E-state index in [0.29, 0.717) is 23.7 Å². The third kappa shape index (κ3) is 3.68. The van der Waals surface area contributed by atoms with E-state index in [4.69, 9.17) is 4.74 Å². The summed E-state index contributed by atoms with van der Waals surface area (Å²) < 4.78 is 6.31. The first-order chi connectivity index (χ1) is 16.8. The average Bonchev–Trinajstić information content (AvgIpc) is 3.28. The van der Waals surface area contributed by atoms with Gasteiger partial charge in [-0.15, -0.1) is 0 Å². The number of nitriles is 1. The highest BCUT2D eigenvalue weighted by Gasteiger charge is 2.41. The van der Waals surface area contributed by atoms with Gasteiger partial charge >= 0.3 is 0 Å². The third-order valence-electron chi connectivity index (χ3n) is 7.43. The Morgan fingerprint density at radius 2 is 1.94 bits per heavy atom. The number of rotatable bonds is 4. The molecule has 0 amide bonds. The van der Waals surface area contributed by atoms with E-state index >= 15 is 0 Å². The van der Waals surface area contributed by atoms with Crippen LogP contribution in [0.25, 0.3) is 11.1 Å². The smallest absolute Gasteiger partial charge is 0.148 e. The summed E-state index contributed by atoms with van der Waals surface area (Å²) in [7, 11) is 0. The van der Waals surface area contributed by atoms with E-state index < -0.39 is 0 Å². The topological polar surface area (TPSA) is 49.2 Å². The molecule has 3 aromatic rings. The van der Waals surface area contributed by atoms with Crippen molar-refractivity contribution in [3.8, 4) is 22.9 Å². The highest BCUT2D eigenvalue weighted by atomic mass is 16.5. The molecule has 0 bridgehead atoms. The number of allylic oxidation sites excluding steroid dienone is 2. The molecule has 168 valence electrons. The SMILES string of the molecule is N#Cc1ncccc1-c1cccc(N(C2C=CC=CC2)C2CCC3Oc4ccccc4C3C2)c1. The normalized spacial score (nSPS) is 24.6. The number of aromatic nitrogens is 1. The van der Waals surface area contributed by atoms with Crippen LogP contribution >= 0.6 is 0 Å². The first kappa shape index (κ1) is 20.7. The zero-order chi connectivity index (χ0) is 22.9. The maximum Gasteiger partial charge on any atom is 0.148 e. The summed E-state index contributed by atoms with van der Waals surface area (Å²) >= 11 is 0. The average molecular weight is 446 g/mol. The maximum absolute atomic E-state index is 9.58. The van der Waals surface area contributed by atoms with Crippen molar-refractivity contribution < 1.29 is 4.74 Å². The van der Waals surface area contributed by atoms with Gasteiger partial charge in [0.25, 0.3) is 0 Å². The van der Waals surface area contributed by atoms with Crippen LogP contribution in [0.1, 0.15) is 42.9 Å². The van der Waals surface area contributed by atoms with Crippen LogP contribution in [0.3, 0.4) is 0 Å². The molecule has 2 heterocycles. The minimum Gasteiger partial charge on any atom is -0.489 e. The van der Waals surface area contributed by atoms with Crippen molar-refractivity contribution in [2.45, 2.75) is 49.8 Å². The standard InChI is InChI=1S/C30H27N3O/c31-20-28-25(13-7-17-32-28)21-8-6-11-23(18-21)33(22-9-2-1-3-10-22)24-15-16-30-27(19-24)26-12-4-5-14-29(26)34-30/h1-9,11-14,17-18,22,24,27,30H,10,15-16,19H2. The van der Waals surface area contributed by atoms with E-state index in [9.17, 15) is 5.26 Å². The van der Waals surface area contributed by atoms with Crippen molar-refractivity contribution in [2.75, 3.05) is 4.90 Å². The Kier molecular flexibility index (Phi) is 5.39. The van der Waals surface area contributed by atoms with Gasteiger partial charge in [-0.1, -0.05) is 54.6 Å². The fourth-order valence-electron chi connectivity index (χ4n) is 5.91. The molecular weight excluding hydrogens is 418 g/mol. The molecule has 0 saturated heterocycles. The van der Waals surface area contributed by atoms with Gasteiger partial charge in [0, 0.05) is 35.0 Å². The van der Waals surface area contributed by atoms with E-state index in [1.165, 1.54) is 11.3 Å². The van der Waals surface area contributed by atoms with Crippen LogP contribution in [-0.4, -0.2) is 23.2 Å². The van der Waals surface area contributed by atoms with Gasteiger partial charge in [-0.2, -0.15) is 5.26 Å². The van der Waals surface area contributed by atoms with Crippen molar-refractivity contribution in [1.82, 2.24) is 4.98 Å². The predicted octanol–water partition coefficient (Wildman–Crippen LogP) is 6.41. The molecule has 2 aliphatic carbocycles.